The van der Waals surface area contributed by atoms with Crippen molar-refractivity contribution in [3.05, 3.63) is 70.7 Å². The van der Waals surface area contributed by atoms with Gasteiger partial charge in [0, 0.05) is 22.9 Å². The van der Waals surface area contributed by atoms with Crippen molar-refractivity contribution >= 4 is 62.6 Å². The van der Waals surface area contributed by atoms with Gasteiger partial charge in [-0.05, 0) is 84.7 Å². The second-order valence-corrected chi connectivity index (χ2v) is 18.0. The molecule has 2 aromatic rings. The van der Waals surface area contributed by atoms with Crippen LogP contribution in [0.4, 0.5) is 4.79 Å². The van der Waals surface area contributed by atoms with Crippen molar-refractivity contribution < 1.29 is 23.9 Å². The number of nitrogens with zero attached hydrogens (tertiary/aromatic N) is 1. The first-order valence-electron chi connectivity index (χ1n) is 18.1. The summed E-state index contributed by atoms with van der Waals surface area (Å²) in [5, 5.41) is 15.7. The Bertz CT molecular complexity index is 1630. The Kier molecular flexibility index (Phi) is 14.1. The number of nitrogens with one attached hydrogen (secondary N) is 3. The average molecular weight is 753 g/mol. The van der Waals surface area contributed by atoms with Crippen LogP contribution in [0.15, 0.2) is 54.6 Å². The number of ketones is 1. The van der Waals surface area contributed by atoms with Crippen LogP contribution >= 0.6 is 34.0 Å². The van der Waals surface area contributed by atoms with Crippen molar-refractivity contribution in [1.29, 1.82) is 5.26 Å². The quantitative estimate of drug-likeness (QED) is 0.135. The smallest absolute Gasteiger partial charge is 0.417 e. The highest BCUT2D eigenvalue weighted by Gasteiger charge is 2.38. The molecule has 3 amide bonds. The van der Waals surface area contributed by atoms with Gasteiger partial charge < -0.3 is 15.4 Å². The van der Waals surface area contributed by atoms with E-state index in [0.29, 0.717) is 24.4 Å². The Labute approximate surface area is 313 Å². The van der Waals surface area contributed by atoms with Gasteiger partial charge in [0.2, 0.25) is 17.6 Å². The Balaban J connectivity index is 1.35. The third-order valence-electron chi connectivity index (χ3n) is 10.4. The molecule has 2 heterocycles. The van der Waals surface area contributed by atoms with Gasteiger partial charge in [-0.25, -0.2) is 4.79 Å². The van der Waals surface area contributed by atoms with Gasteiger partial charge in [-0.15, -0.1) is 0 Å². The predicted octanol–water partition coefficient (Wildman–Crippen LogP) is 7.41. The number of halogens is 1. The molecule has 2 aromatic carbocycles. The fourth-order valence-electron chi connectivity index (χ4n) is 7.41. The molecule has 9 nitrogen and oxygen atoms in total. The van der Waals surface area contributed by atoms with Crippen molar-refractivity contribution in [2.45, 2.75) is 101 Å². The molecule has 0 bridgehead atoms. The van der Waals surface area contributed by atoms with Gasteiger partial charge in [-0.1, -0.05) is 100 Å². The van der Waals surface area contributed by atoms with Crippen molar-refractivity contribution in [2.75, 3.05) is 18.1 Å². The van der Waals surface area contributed by atoms with Gasteiger partial charge in [-0.2, -0.15) is 15.7 Å². The average Bonchev–Trinajstić information content (AvgIpc) is 3.81. The Morgan fingerprint density at radius 2 is 1.75 bits per heavy atom. The molecule has 274 valence electrons. The van der Waals surface area contributed by atoms with Crippen LogP contribution in [0.1, 0.15) is 95.3 Å². The third kappa shape index (κ3) is 10.4. The third-order valence-corrected chi connectivity index (χ3v) is 14.0. The van der Waals surface area contributed by atoms with Crippen molar-refractivity contribution in [1.82, 2.24) is 15.4 Å². The lowest BCUT2D eigenvalue weighted by Gasteiger charge is -2.35. The maximum absolute atomic E-state index is 14.2. The zero-order valence-corrected chi connectivity index (χ0v) is 31.8. The van der Waals surface area contributed by atoms with E-state index in [-0.39, 0.29) is 23.1 Å². The molecule has 5 rings (SSSR count). The topological polar surface area (TPSA) is 137 Å². The summed E-state index contributed by atoms with van der Waals surface area (Å²) >= 11 is 7.35. The van der Waals surface area contributed by atoms with E-state index in [1.165, 1.54) is 0 Å². The standard InChI is InChI=1S/C39H49ClN4O5S2/c1-39(2,29-16-11-17-30(40)24-29)35(27-14-7-4-8-15-27)49-38(48)44-50-32(22-26-12-5-3-6-13-26)37(47)43-31(23-28-18-19-42-36(28)46)34(45)33(25-41)51-20-9-10-21-51/h4,7-8,11,14-17,24,26,28,31-32,35H,3,5-6,9-10,12-13,18-23H2,1-2H3,(H,42,46)(H,43,47)(H,44,48)/t28-,31-,32-,35?/m0/s1. The van der Waals surface area contributed by atoms with E-state index in [1.54, 1.807) is 6.07 Å². The van der Waals surface area contributed by atoms with Gasteiger partial charge in [0.25, 0.3) is 0 Å². The molecule has 12 heteroatoms. The fraction of sp³-hybridized carbons (Fsp3) is 0.538. The maximum Gasteiger partial charge on any atom is 0.417 e. The Morgan fingerprint density at radius 3 is 2.39 bits per heavy atom. The summed E-state index contributed by atoms with van der Waals surface area (Å²) in [5.41, 5.74) is 1.04. The van der Waals surface area contributed by atoms with Gasteiger partial charge in [0.15, 0.2) is 0 Å². The summed E-state index contributed by atoms with van der Waals surface area (Å²) in [6, 6.07) is 18.2. The molecular formula is C39H49ClN4O5S2. The summed E-state index contributed by atoms with van der Waals surface area (Å²) in [4.78, 5) is 54.5. The van der Waals surface area contributed by atoms with Gasteiger partial charge in [0.05, 0.1) is 6.04 Å². The minimum Gasteiger partial charge on any atom is -0.440 e. The second-order valence-electron chi connectivity index (χ2n) is 14.4. The van der Waals surface area contributed by atoms with Crippen LogP contribution in [0.2, 0.25) is 5.02 Å². The molecule has 3 aliphatic rings. The lowest BCUT2D eigenvalue weighted by atomic mass is 9.76. The molecule has 0 aromatic heterocycles. The largest absolute Gasteiger partial charge is 0.440 e. The van der Waals surface area contributed by atoms with Crippen LogP contribution in [0.5, 0.6) is 0 Å². The lowest BCUT2D eigenvalue weighted by molar-refractivity contribution is -0.127. The number of hydrogen-bond donors (Lipinski definition) is 3. The zero-order valence-electron chi connectivity index (χ0n) is 29.5. The number of Topliss-reactive ketones (excluding diaryl/α,β-unsaturated/α-hetero) is 1. The maximum atomic E-state index is 14.2. The second kappa shape index (κ2) is 18.4. The number of rotatable bonds is 14. The van der Waals surface area contributed by atoms with E-state index in [9.17, 15) is 24.4 Å². The van der Waals surface area contributed by atoms with Crippen LogP contribution in [-0.4, -0.2) is 57.9 Å². The number of nitriles is 1. The van der Waals surface area contributed by atoms with E-state index in [1.807, 2.05) is 62.4 Å². The molecular weight excluding hydrogens is 704 g/mol. The predicted molar refractivity (Wildman–Crippen MR) is 206 cm³/mol. The number of hydrogen-bond acceptors (Lipinski definition) is 7. The Morgan fingerprint density at radius 1 is 1.02 bits per heavy atom. The first-order valence-corrected chi connectivity index (χ1v) is 20.9. The molecule has 51 heavy (non-hydrogen) atoms. The SMILES string of the molecule is CC(C)(c1cccc(Cl)c1)C(OC(=O)NS[C@@H](CC1CCCCC1)C(=O)N[C@@H](C[C@@H]1CCNC1=O)C(=O)C(C#N)=S1CCCC1)c1ccccc1. The summed E-state index contributed by atoms with van der Waals surface area (Å²) in [7, 11) is -0.445. The molecule has 1 unspecified atom stereocenters. The molecule has 1 aliphatic carbocycles. The monoisotopic (exact) mass is 752 g/mol. The highest BCUT2D eigenvalue weighted by molar-refractivity contribution is 8.17. The molecule has 3 N–H and O–H groups in total. The minimum atomic E-state index is -1.00. The van der Waals surface area contributed by atoms with E-state index >= 15 is 0 Å². The summed E-state index contributed by atoms with van der Waals surface area (Å²) < 4.78 is 8.97. The molecule has 0 radical (unpaired) electrons. The highest BCUT2D eigenvalue weighted by Crippen LogP contribution is 2.41. The van der Waals surface area contributed by atoms with Crippen molar-refractivity contribution in [3.63, 3.8) is 0 Å². The van der Waals surface area contributed by atoms with Gasteiger partial charge >= 0.3 is 6.09 Å². The highest BCUT2D eigenvalue weighted by atomic mass is 35.5. The van der Waals surface area contributed by atoms with Crippen molar-refractivity contribution in [2.24, 2.45) is 11.8 Å². The minimum absolute atomic E-state index is 0.131. The van der Waals surface area contributed by atoms with E-state index in [0.717, 1.165) is 79.5 Å². The van der Waals surface area contributed by atoms with E-state index < -0.39 is 57.0 Å². The molecule has 2 saturated heterocycles. The van der Waals surface area contributed by atoms with E-state index in [4.69, 9.17) is 16.3 Å². The number of amides is 3. The van der Waals surface area contributed by atoms with E-state index in [2.05, 4.69) is 21.4 Å². The molecule has 2 aliphatic heterocycles. The normalized spacial score (nSPS) is 20.0. The van der Waals surface area contributed by atoms with Crippen LogP contribution in [0.25, 0.3) is 0 Å². The first-order chi connectivity index (χ1) is 24.6. The molecule has 4 atom stereocenters. The number of carbonyl (C=O) groups is 4. The fourth-order valence-corrected chi connectivity index (χ4v) is 10.7. The summed E-state index contributed by atoms with van der Waals surface area (Å²) in [5.74, 6) is 0.519. The zero-order chi connectivity index (χ0) is 36.4. The summed E-state index contributed by atoms with van der Waals surface area (Å²) in [6.07, 6.45) is 7.05. The molecule has 0 spiro atoms. The van der Waals surface area contributed by atoms with Gasteiger partial charge in [-0.3, -0.25) is 19.1 Å². The Hall–Kier alpha value is -3.33. The number of carbonyl (C=O) groups excluding carboxylic acids is 4. The molecule has 3 fully saturated rings. The molecule has 1 saturated carbocycles. The summed E-state index contributed by atoms with van der Waals surface area (Å²) in [6.45, 7) is 4.51. The van der Waals surface area contributed by atoms with Crippen LogP contribution in [0.3, 0.4) is 0 Å². The van der Waals surface area contributed by atoms with Gasteiger partial charge in [0.1, 0.15) is 22.3 Å². The number of ether oxygens (including phenoxy) is 1. The van der Waals surface area contributed by atoms with Crippen LogP contribution < -0.4 is 15.4 Å². The lowest BCUT2D eigenvalue weighted by Crippen LogP contribution is -2.49. The van der Waals surface area contributed by atoms with Crippen LogP contribution in [0, 0.1) is 23.2 Å². The first kappa shape index (κ1) is 38.9. The van der Waals surface area contributed by atoms with Crippen LogP contribution in [-0.2, 0) is 24.5 Å². The van der Waals surface area contributed by atoms with Crippen molar-refractivity contribution in [3.8, 4) is 6.07 Å². The number of benzene rings is 2.